The lowest BCUT2D eigenvalue weighted by Crippen LogP contribution is -2.19. The van der Waals surface area contributed by atoms with Gasteiger partial charge in [0.1, 0.15) is 23.2 Å². The highest BCUT2D eigenvalue weighted by atomic mass is 16.5. The van der Waals surface area contributed by atoms with E-state index in [9.17, 15) is 10.1 Å². The number of nitrogens with two attached hydrogens (primary N) is 2. The van der Waals surface area contributed by atoms with Crippen LogP contribution in [0.3, 0.4) is 0 Å². The summed E-state index contributed by atoms with van der Waals surface area (Å²) in [5, 5.41) is 14.0. The van der Waals surface area contributed by atoms with E-state index in [1.165, 1.54) is 0 Å². The minimum atomic E-state index is -0.568. The van der Waals surface area contributed by atoms with E-state index in [1.54, 1.807) is 22.9 Å². The Morgan fingerprint density at radius 2 is 2.07 bits per heavy atom. The second-order valence-corrected chi connectivity index (χ2v) is 6.38. The summed E-state index contributed by atoms with van der Waals surface area (Å²) in [6.45, 7) is 3.62. The summed E-state index contributed by atoms with van der Waals surface area (Å²) in [5.41, 5.74) is 16.1. The topological polar surface area (TPSA) is 133 Å². The van der Waals surface area contributed by atoms with Crippen molar-refractivity contribution in [3.63, 3.8) is 0 Å². The molecule has 0 unspecified atom stereocenters. The molecule has 2 heterocycles. The normalized spacial score (nSPS) is 10.5. The smallest absolute Gasteiger partial charge is 0.255 e. The average molecular weight is 376 g/mol. The van der Waals surface area contributed by atoms with Gasteiger partial charge in [0, 0.05) is 23.9 Å². The standard InChI is InChI=1S/C20H20N6O2/c1-11-19(12(2)26(3)25-11)17-8-15(16(9-21)20(23)24-17)13-5-4-6-14(7-13)28-10-18(22)27/h4-8H,10H2,1-3H3,(H2,22,27)(H2,23,24). The Hall–Kier alpha value is -3.86. The highest BCUT2D eigenvalue weighted by Crippen LogP contribution is 2.34. The number of pyridine rings is 1. The van der Waals surface area contributed by atoms with Crippen molar-refractivity contribution in [2.45, 2.75) is 13.8 Å². The Morgan fingerprint density at radius 1 is 1.32 bits per heavy atom. The van der Waals surface area contributed by atoms with Crippen LogP contribution in [0.5, 0.6) is 5.75 Å². The number of aryl methyl sites for hydroxylation is 2. The van der Waals surface area contributed by atoms with Crippen molar-refractivity contribution in [2.24, 2.45) is 12.8 Å². The molecule has 8 nitrogen and oxygen atoms in total. The van der Waals surface area contributed by atoms with Crippen molar-refractivity contribution in [1.29, 1.82) is 5.26 Å². The lowest BCUT2D eigenvalue weighted by atomic mass is 9.97. The van der Waals surface area contributed by atoms with Crippen LogP contribution in [0.4, 0.5) is 5.82 Å². The maximum Gasteiger partial charge on any atom is 0.255 e. The zero-order chi connectivity index (χ0) is 20.4. The van der Waals surface area contributed by atoms with E-state index in [2.05, 4.69) is 16.2 Å². The summed E-state index contributed by atoms with van der Waals surface area (Å²) in [6, 6.07) is 11.0. The molecule has 0 fully saturated rings. The average Bonchev–Trinajstić information content (AvgIpc) is 2.91. The molecule has 0 atom stereocenters. The van der Waals surface area contributed by atoms with Crippen LogP contribution in [0, 0.1) is 25.2 Å². The summed E-state index contributed by atoms with van der Waals surface area (Å²) < 4.78 is 7.15. The van der Waals surface area contributed by atoms with Crippen molar-refractivity contribution in [1.82, 2.24) is 14.8 Å². The molecule has 0 radical (unpaired) electrons. The van der Waals surface area contributed by atoms with Crippen molar-refractivity contribution in [3.8, 4) is 34.2 Å². The number of anilines is 1. The molecule has 0 aliphatic carbocycles. The molecule has 0 aliphatic heterocycles. The van der Waals surface area contributed by atoms with Gasteiger partial charge in [-0.25, -0.2) is 4.98 Å². The molecule has 0 bridgehead atoms. The van der Waals surface area contributed by atoms with Gasteiger partial charge in [0.05, 0.1) is 11.4 Å². The fraction of sp³-hybridized carbons (Fsp3) is 0.200. The number of ether oxygens (including phenoxy) is 1. The van der Waals surface area contributed by atoms with Gasteiger partial charge >= 0.3 is 0 Å². The number of amides is 1. The second kappa shape index (κ2) is 7.40. The number of carbonyl (C=O) groups is 1. The Bertz CT molecular complexity index is 1110. The van der Waals surface area contributed by atoms with Crippen LogP contribution in [0.15, 0.2) is 30.3 Å². The molecule has 8 heteroatoms. The minimum Gasteiger partial charge on any atom is -0.484 e. The highest BCUT2D eigenvalue weighted by Gasteiger charge is 2.18. The van der Waals surface area contributed by atoms with Gasteiger partial charge in [0.15, 0.2) is 6.61 Å². The van der Waals surface area contributed by atoms with Gasteiger partial charge < -0.3 is 16.2 Å². The van der Waals surface area contributed by atoms with Crippen molar-refractivity contribution >= 4 is 11.7 Å². The van der Waals surface area contributed by atoms with Crippen LogP contribution in [0.25, 0.3) is 22.4 Å². The first-order valence-electron chi connectivity index (χ1n) is 8.54. The number of rotatable bonds is 5. The van der Waals surface area contributed by atoms with Crippen molar-refractivity contribution in [2.75, 3.05) is 12.3 Å². The fourth-order valence-electron chi connectivity index (χ4n) is 3.09. The number of carbonyl (C=O) groups excluding carboxylic acids is 1. The molecule has 0 aliphatic rings. The molecule has 2 aromatic heterocycles. The van der Waals surface area contributed by atoms with Crippen LogP contribution in [0.2, 0.25) is 0 Å². The van der Waals surface area contributed by atoms with E-state index in [-0.39, 0.29) is 18.0 Å². The van der Waals surface area contributed by atoms with Crippen LogP contribution >= 0.6 is 0 Å². The van der Waals surface area contributed by atoms with Crippen molar-refractivity contribution < 1.29 is 9.53 Å². The van der Waals surface area contributed by atoms with Crippen molar-refractivity contribution in [3.05, 3.63) is 47.3 Å². The first-order chi connectivity index (χ1) is 13.3. The van der Waals surface area contributed by atoms with Gasteiger partial charge in [-0.05, 0) is 37.6 Å². The maximum atomic E-state index is 11.0. The molecular formula is C20H20N6O2. The zero-order valence-corrected chi connectivity index (χ0v) is 15.9. The molecule has 0 saturated carbocycles. The van der Waals surface area contributed by atoms with Crippen LogP contribution in [-0.4, -0.2) is 27.3 Å². The number of nitriles is 1. The highest BCUT2D eigenvalue weighted by molar-refractivity contribution is 5.81. The Kier molecular flexibility index (Phi) is 5.00. The van der Waals surface area contributed by atoms with Crippen LogP contribution < -0.4 is 16.2 Å². The predicted molar refractivity (Wildman–Crippen MR) is 105 cm³/mol. The summed E-state index contributed by atoms with van der Waals surface area (Å²) >= 11 is 0. The van der Waals surface area contributed by atoms with Gasteiger partial charge in [-0.2, -0.15) is 10.4 Å². The molecular weight excluding hydrogens is 356 g/mol. The molecule has 3 aromatic rings. The Morgan fingerprint density at radius 3 is 2.68 bits per heavy atom. The second-order valence-electron chi connectivity index (χ2n) is 6.38. The van der Waals surface area contributed by atoms with E-state index >= 15 is 0 Å². The summed E-state index contributed by atoms with van der Waals surface area (Å²) in [5.74, 6) is 0.0352. The number of hydrogen-bond donors (Lipinski definition) is 2. The molecule has 142 valence electrons. The van der Waals surface area contributed by atoms with Crippen LogP contribution in [0.1, 0.15) is 17.0 Å². The van der Waals surface area contributed by atoms with Gasteiger partial charge in [-0.15, -0.1) is 0 Å². The monoisotopic (exact) mass is 376 g/mol. The molecule has 28 heavy (non-hydrogen) atoms. The first kappa shape index (κ1) is 18.9. The van der Waals surface area contributed by atoms with Crippen LogP contribution in [-0.2, 0) is 11.8 Å². The minimum absolute atomic E-state index is 0.140. The zero-order valence-electron chi connectivity index (χ0n) is 15.9. The maximum absolute atomic E-state index is 11.0. The number of nitrogens with zero attached hydrogens (tertiary/aromatic N) is 4. The number of primary amides is 1. The largest absolute Gasteiger partial charge is 0.484 e. The van der Waals surface area contributed by atoms with Gasteiger partial charge in [-0.1, -0.05) is 12.1 Å². The number of benzene rings is 1. The quantitative estimate of drug-likeness (QED) is 0.700. The lowest BCUT2D eigenvalue weighted by molar-refractivity contribution is -0.119. The Balaban J connectivity index is 2.16. The van der Waals surface area contributed by atoms with E-state index in [0.717, 1.165) is 17.0 Å². The lowest BCUT2D eigenvalue weighted by Gasteiger charge is -2.12. The van der Waals surface area contributed by atoms with E-state index < -0.39 is 5.91 Å². The molecule has 1 amide bonds. The van der Waals surface area contributed by atoms with E-state index in [1.807, 2.05) is 33.0 Å². The molecule has 4 N–H and O–H groups in total. The predicted octanol–water partition coefficient (Wildman–Crippen LogP) is 2.08. The third-order valence-electron chi connectivity index (χ3n) is 4.45. The SMILES string of the molecule is Cc1nn(C)c(C)c1-c1cc(-c2cccc(OCC(N)=O)c2)c(C#N)c(N)n1. The summed E-state index contributed by atoms with van der Waals surface area (Å²) in [6.07, 6.45) is 0. The van der Waals surface area contributed by atoms with Gasteiger partial charge in [0.25, 0.3) is 5.91 Å². The Labute approximate surface area is 162 Å². The molecule has 0 saturated heterocycles. The number of hydrogen-bond acceptors (Lipinski definition) is 6. The summed E-state index contributed by atoms with van der Waals surface area (Å²) in [7, 11) is 1.86. The third kappa shape index (κ3) is 3.50. The van der Waals surface area contributed by atoms with Gasteiger partial charge in [-0.3, -0.25) is 9.48 Å². The molecule has 3 rings (SSSR count). The fourth-order valence-corrected chi connectivity index (χ4v) is 3.09. The molecule has 1 aromatic carbocycles. The summed E-state index contributed by atoms with van der Waals surface area (Å²) in [4.78, 5) is 15.4. The van der Waals surface area contributed by atoms with E-state index in [0.29, 0.717) is 22.6 Å². The van der Waals surface area contributed by atoms with Gasteiger partial charge in [0.2, 0.25) is 0 Å². The first-order valence-corrected chi connectivity index (χ1v) is 8.54. The third-order valence-corrected chi connectivity index (χ3v) is 4.45. The number of aromatic nitrogens is 3. The number of nitrogen functional groups attached to an aromatic ring is 1. The van der Waals surface area contributed by atoms with E-state index in [4.69, 9.17) is 16.2 Å². The molecule has 0 spiro atoms.